The van der Waals surface area contributed by atoms with E-state index in [0.29, 0.717) is 11.8 Å². The number of hydrogen-bond donors (Lipinski definition) is 1. The molecule has 0 saturated carbocycles. The van der Waals surface area contributed by atoms with Crippen molar-refractivity contribution >= 4 is 0 Å². The molecule has 0 saturated heterocycles. The fraction of sp³-hybridized carbons (Fsp3) is 0.647. The lowest BCUT2D eigenvalue weighted by Gasteiger charge is -2.30. The van der Waals surface area contributed by atoms with Gasteiger partial charge < -0.3 is 5.32 Å². The zero-order chi connectivity index (χ0) is 13.8. The first-order chi connectivity index (χ1) is 8.32. The van der Waals surface area contributed by atoms with Crippen LogP contribution in [-0.2, 0) is 0 Å². The van der Waals surface area contributed by atoms with E-state index >= 15 is 0 Å². The number of rotatable bonds is 6. The minimum absolute atomic E-state index is 0.234. The van der Waals surface area contributed by atoms with Crippen LogP contribution in [0.25, 0.3) is 0 Å². The van der Waals surface area contributed by atoms with Crippen LogP contribution >= 0.6 is 0 Å². The van der Waals surface area contributed by atoms with Crippen molar-refractivity contribution in [1.82, 2.24) is 5.32 Å². The second-order valence-electron chi connectivity index (χ2n) is 6.61. The fourth-order valence-corrected chi connectivity index (χ4v) is 2.24. The SMILES string of the molecule is C=C(CC(C)C)NCC1(C)C=CC(C(C)C)=CC1. The summed E-state index contributed by atoms with van der Waals surface area (Å²) in [5.74, 6) is 1.31. The summed E-state index contributed by atoms with van der Waals surface area (Å²) in [5, 5.41) is 3.49. The maximum absolute atomic E-state index is 4.10. The highest BCUT2D eigenvalue weighted by Gasteiger charge is 2.23. The first-order valence-electron chi connectivity index (χ1n) is 7.13. The van der Waals surface area contributed by atoms with Gasteiger partial charge in [-0.25, -0.2) is 0 Å². The van der Waals surface area contributed by atoms with Gasteiger partial charge in [-0.15, -0.1) is 0 Å². The molecule has 0 aromatic heterocycles. The van der Waals surface area contributed by atoms with Gasteiger partial charge in [0.2, 0.25) is 0 Å². The topological polar surface area (TPSA) is 12.0 Å². The minimum Gasteiger partial charge on any atom is -0.388 e. The van der Waals surface area contributed by atoms with E-state index in [2.05, 4.69) is 64.7 Å². The van der Waals surface area contributed by atoms with Gasteiger partial charge in [-0.3, -0.25) is 0 Å². The lowest BCUT2D eigenvalue weighted by atomic mass is 9.80. The van der Waals surface area contributed by atoms with E-state index in [1.807, 2.05) is 0 Å². The molecule has 0 aliphatic heterocycles. The Balaban J connectivity index is 2.45. The molecular formula is C17H29N. The molecular weight excluding hydrogens is 218 g/mol. The van der Waals surface area contributed by atoms with Gasteiger partial charge in [-0.1, -0.05) is 59.4 Å². The molecule has 1 N–H and O–H groups in total. The zero-order valence-corrected chi connectivity index (χ0v) is 12.7. The van der Waals surface area contributed by atoms with Gasteiger partial charge in [0.25, 0.3) is 0 Å². The average molecular weight is 247 g/mol. The molecule has 0 aromatic rings. The van der Waals surface area contributed by atoms with Crippen LogP contribution in [-0.4, -0.2) is 6.54 Å². The molecule has 1 aliphatic rings. The third-order valence-corrected chi connectivity index (χ3v) is 3.55. The predicted octanol–water partition coefficient (Wildman–Crippen LogP) is 4.68. The second-order valence-corrected chi connectivity index (χ2v) is 6.61. The molecule has 1 nitrogen and oxygen atoms in total. The van der Waals surface area contributed by atoms with Crippen molar-refractivity contribution in [3.8, 4) is 0 Å². The summed E-state index contributed by atoms with van der Waals surface area (Å²) in [6.07, 6.45) is 9.22. The van der Waals surface area contributed by atoms with E-state index in [1.165, 1.54) is 11.3 Å². The van der Waals surface area contributed by atoms with E-state index < -0.39 is 0 Å². The largest absolute Gasteiger partial charge is 0.388 e. The first kappa shape index (κ1) is 15.1. The van der Waals surface area contributed by atoms with Gasteiger partial charge in [0.15, 0.2) is 0 Å². The monoisotopic (exact) mass is 247 g/mol. The maximum Gasteiger partial charge on any atom is 0.0235 e. The van der Waals surface area contributed by atoms with Crippen molar-refractivity contribution in [3.63, 3.8) is 0 Å². The summed E-state index contributed by atoms with van der Waals surface area (Å²) >= 11 is 0. The van der Waals surface area contributed by atoms with Crippen LogP contribution < -0.4 is 5.32 Å². The molecule has 0 heterocycles. The van der Waals surface area contributed by atoms with Crippen molar-refractivity contribution in [2.45, 2.75) is 47.5 Å². The lowest BCUT2D eigenvalue weighted by Crippen LogP contribution is -2.31. The Labute approximate surface area is 113 Å². The quantitative estimate of drug-likeness (QED) is 0.718. The van der Waals surface area contributed by atoms with Crippen molar-refractivity contribution in [2.75, 3.05) is 6.54 Å². The number of allylic oxidation sites excluding steroid dienone is 4. The van der Waals surface area contributed by atoms with Crippen molar-refractivity contribution < 1.29 is 0 Å². The molecule has 1 aliphatic carbocycles. The van der Waals surface area contributed by atoms with E-state index in [0.717, 1.165) is 19.4 Å². The standard InChI is InChI=1S/C17H29N/c1-13(2)11-15(5)18-12-17(6)9-7-16(8-10-17)14(3)4/h7-9,13-14,18H,5,10-12H2,1-4,6H3. The third kappa shape index (κ3) is 4.72. The van der Waals surface area contributed by atoms with Crippen molar-refractivity contribution in [2.24, 2.45) is 17.3 Å². The first-order valence-corrected chi connectivity index (χ1v) is 7.13. The molecule has 0 amide bonds. The Hall–Kier alpha value is -0.980. The Morgan fingerprint density at radius 2 is 2.06 bits per heavy atom. The predicted molar refractivity (Wildman–Crippen MR) is 81.4 cm³/mol. The lowest BCUT2D eigenvalue weighted by molar-refractivity contribution is 0.401. The van der Waals surface area contributed by atoms with Gasteiger partial charge >= 0.3 is 0 Å². The zero-order valence-electron chi connectivity index (χ0n) is 12.7. The summed E-state index contributed by atoms with van der Waals surface area (Å²) in [5.41, 5.74) is 2.87. The maximum atomic E-state index is 4.10. The van der Waals surface area contributed by atoms with Gasteiger partial charge in [0.1, 0.15) is 0 Å². The van der Waals surface area contributed by atoms with Crippen LogP contribution in [0.5, 0.6) is 0 Å². The van der Waals surface area contributed by atoms with E-state index in [9.17, 15) is 0 Å². The Morgan fingerprint density at radius 1 is 1.39 bits per heavy atom. The van der Waals surface area contributed by atoms with Crippen LogP contribution in [0.2, 0.25) is 0 Å². The molecule has 0 bridgehead atoms. The smallest absolute Gasteiger partial charge is 0.0235 e. The van der Waals surface area contributed by atoms with E-state index in [-0.39, 0.29) is 5.41 Å². The Bertz CT molecular complexity index is 347. The summed E-state index contributed by atoms with van der Waals surface area (Å²) in [6, 6.07) is 0. The van der Waals surface area contributed by atoms with E-state index in [1.54, 1.807) is 0 Å². The molecule has 0 spiro atoms. The summed E-state index contributed by atoms with van der Waals surface area (Å²) < 4.78 is 0. The summed E-state index contributed by atoms with van der Waals surface area (Å²) in [4.78, 5) is 0. The van der Waals surface area contributed by atoms with Crippen molar-refractivity contribution in [3.05, 3.63) is 36.1 Å². The summed E-state index contributed by atoms with van der Waals surface area (Å²) in [7, 11) is 0. The van der Waals surface area contributed by atoms with Crippen LogP contribution in [0.3, 0.4) is 0 Å². The molecule has 1 rings (SSSR count). The van der Waals surface area contributed by atoms with Crippen LogP contribution in [0, 0.1) is 17.3 Å². The Morgan fingerprint density at radius 3 is 2.50 bits per heavy atom. The second kappa shape index (κ2) is 6.26. The molecule has 0 aromatic carbocycles. The Kier molecular flexibility index (Phi) is 5.25. The summed E-state index contributed by atoms with van der Waals surface area (Å²) in [6.45, 7) is 16.4. The van der Waals surface area contributed by atoms with E-state index in [4.69, 9.17) is 0 Å². The average Bonchev–Trinajstić information content (AvgIpc) is 2.26. The van der Waals surface area contributed by atoms with Gasteiger partial charge in [0, 0.05) is 17.7 Å². The molecule has 18 heavy (non-hydrogen) atoms. The highest BCUT2D eigenvalue weighted by Crippen LogP contribution is 2.31. The normalized spacial score (nSPS) is 23.4. The minimum atomic E-state index is 0.234. The van der Waals surface area contributed by atoms with Crippen LogP contribution in [0.15, 0.2) is 36.1 Å². The highest BCUT2D eigenvalue weighted by atomic mass is 14.9. The highest BCUT2D eigenvalue weighted by molar-refractivity contribution is 5.28. The number of hydrogen-bond acceptors (Lipinski definition) is 1. The molecule has 1 atom stereocenters. The van der Waals surface area contributed by atoms with Crippen LogP contribution in [0.4, 0.5) is 0 Å². The molecule has 0 radical (unpaired) electrons. The van der Waals surface area contributed by atoms with Crippen LogP contribution in [0.1, 0.15) is 47.5 Å². The third-order valence-electron chi connectivity index (χ3n) is 3.55. The molecule has 1 heteroatoms. The molecule has 0 fully saturated rings. The van der Waals surface area contributed by atoms with Crippen molar-refractivity contribution in [1.29, 1.82) is 0 Å². The fourth-order valence-electron chi connectivity index (χ4n) is 2.24. The van der Waals surface area contributed by atoms with Gasteiger partial charge in [-0.05, 0) is 30.3 Å². The van der Waals surface area contributed by atoms with Gasteiger partial charge in [0.05, 0.1) is 0 Å². The molecule has 102 valence electrons. The number of nitrogens with one attached hydrogen (secondary N) is 1. The van der Waals surface area contributed by atoms with Gasteiger partial charge in [-0.2, -0.15) is 0 Å². The molecule has 1 unspecified atom stereocenters.